The number of hydrogen-bond donors (Lipinski definition) is 1. The van der Waals surface area contributed by atoms with Crippen molar-refractivity contribution in [2.75, 3.05) is 0 Å². The highest BCUT2D eigenvalue weighted by molar-refractivity contribution is 5.92. The molecule has 0 aromatic heterocycles. The lowest BCUT2D eigenvalue weighted by Crippen LogP contribution is -2.61. The first-order chi connectivity index (χ1) is 16.2. The molecule has 0 aromatic carbocycles. The van der Waals surface area contributed by atoms with Gasteiger partial charge in [0, 0.05) is 23.8 Å². The molecule has 2 spiro atoms. The van der Waals surface area contributed by atoms with Crippen molar-refractivity contribution in [2.24, 2.45) is 38.9 Å². The smallest absolute Gasteiger partial charge is 0.336 e. The number of esters is 1. The zero-order valence-corrected chi connectivity index (χ0v) is 22.5. The van der Waals surface area contributed by atoms with E-state index < -0.39 is 11.2 Å². The molecule has 35 heavy (non-hydrogen) atoms. The number of carbonyl (C=O) groups is 2. The van der Waals surface area contributed by atoms with E-state index in [-0.39, 0.29) is 45.8 Å². The quantitative estimate of drug-likeness (QED) is 0.364. The predicted octanol–water partition coefficient (Wildman–Crippen LogP) is 5.51. The molecule has 2 heterocycles. The topological polar surface area (TPSA) is 72.8 Å². The van der Waals surface area contributed by atoms with Crippen LogP contribution in [-0.2, 0) is 19.1 Å². The van der Waals surface area contributed by atoms with Crippen molar-refractivity contribution in [3.63, 3.8) is 0 Å². The third kappa shape index (κ3) is 2.48. The molecule has 5 nitrogen and oxygen atoms in total. The first-order valence-corrected chi connectivity index (χ1v) is 13.7. The summed E-state index contributed by atoms with van der Waals surface area (Å²) in [6, 6.07) is 0. The van der Waals surface area contributed by atoms with Gasteiger partial charge in [0.05, 0.1) is 17.6 Å². The van der Waals surface area contributed by atoms with Crippen molar-refractivity contribution in [3.8, 4) is 0 Å². The Morgan fingerprint density at radius 3 is 2.40 bits per heavy atom. The number of aliphatic hydroxyl groups is 1. The fraction of sp³-hybridized carbons (Fsp3) is 0.800. The van der Waals surface area contributed by atoms with Gasteiger partial charge in [0.1, 0.15) is 5.78 Å². The summed E-state index contributed by atoms with van der Waals surface area (Å²) in [6.07, 6.45) is 9.17. The number of ketones is 1. The van der Waals surface area contributed by atoms with E-state index in [0.29, 0.717) is 30.1 Å². The lowest BCUT2D eigenvalue weighted by molar-refractivity contribution is -0.275. The molecule has 0 amide bonds. The van der Waals surface area contributed by atoms with Gasteiger partial charge in [-0.3, -0.25) is 4.79 Å². The summed E-state index contributed by atoms with van der Waals surface area (Å²) in [5.74, 6) is -0.355. The van der Waals surface area contributed by atoms with Crippen LogP contribution < -0.4 is 0 Å². The first kappa shape index (κ1) is 23.9. The highest BCUT2D eigenvalue weighted by atomic mass is 16.7. The molecule has 1 N–H and O–H groups in total. The summed E-state index contributed by atoms with van der Waals surface area (Å²) < 4.78 is 12.6. The minimum absolute atomic E-state index is 0.161. The molecule has 6 rings (SSSR count). The maximum atomic E-state index is 14.2. The van der Waals surface area contributed by atoms with Gasteiger partial charge in [0.25, 0.3) is 0 Å². The van der Waals surface area contributed by atoms with Gasteiger partial charge in [-0.1, -0.05) is 53.2 Å². The van der Waals surface area contributed by atoms with Gasteiger partial charge in [0.2, 0.25) is 5.79 Å². The second-order valence-corrected chi connectivity index (χ2v) is 14.1. The number of rotatable bonds is 0. The monoisotopic (exact) mass is 482 g/mol. The summed E-state index contributed by atoms with van der Waals surface area (Å²) in [7, 11) is 0. The van der Waals surface area contributed by atoms with Crippen LogP contribution in [0.2, 0.25) is 0 Å². The average molecular weight is 483 g/mol. The number of hydrogen-bond acceptors (Lipinski definition) is 5. The van der Waals surface area contributed by atoms with Crippen molar-refractivity contribution < 1.29 is 24.2 Å². The standard InChI is InChI=1S/C30H42O5/c1-17-15-29(35-24(17)33)16-18(2)28(7)23(34-29)14-20-26(28,5)11-10-22(32)30(20)13-8-19-25(3,4)21(31)9-12-27(19,30)6/h14-15,18-19,21,23,31H,8-13,16H2,1-7H3/t18-,19+,21+,23+,26-,27+,28-,29-,30-/m1/s1. The first-order valence-electron chi connectivity index (χ1n) is 13.7. The van der Waals surface area contributed by atoms with Gasteiger partial charge in [-0.15, -0.1) is 0 Å². The number of fused-ring (bicyclic) bond motifs is 6. The SMILES string of the molecule is CC1=C[C@]2(C[C@@H](C)[C@]3(C)[C@H](C=C4[C@]5(CC[C@H]6C(C)(C)[C@@H](O)CC[C@@]65C)C(=O)CC[C@]43C)O2)OC1=O. The normalized spacial score (nSPS) is 54.3. The number of allylic oxidation sites excluding steroid dienone is 1. The van der Waals surface area contributed by atoms with Crippen LogP contribution in [0.5, 0.6) is 0 Å². The van der Waals surface area contributed by atoms with Gasteiger partial charge in [-0.2, -0.15) is 0 Å². The van der Waals surface area contributed by atoms with E-state index in [2.05, 4.69) is 47.6 Å². The Morgan fingerprint density at radius 2 is 1.74 bits per heavy atom. The summed E-state index contributed by atoms with van der Waals surface area (Å²) in [4.78, 5) is 26.5. The molecule has 0 aromatic rings. The molecule has 4 fully saturated rings. The Morgan fingerprint density at radius 1 is 1.03 bits per heavy atom. The molecule has 4 aliphatic carbocycles. The average Bonchev–Trinajstić information content (AvgIpc) is 3.32. The Bertz CT molecular complexity index is 1090. The van der Waals surface area contributed by atoms with Crippen LogP contribution >= 0.6 is 0 Å². The molecule has 2 aliphatic heterocycles. The van der Waals surface area contributed by atoms with Crippen LogP contribution in [-0.4, -0.2) is 34.9 Å². The van der Waals surface area contributed by atoms with Gasteiger partial charge < -0.3 is 14.6 Å². The Kier molecular flexibility index (Phi) is 4.57. The van der Waals surface area contributed by atoms with Crippen molar-refractivity contribution in [1.82, 2.24) is 0 Å². The van der Waals surface area contributed by atoms with E-state index in [0.717, 1.165) is 32.1 Å². The van der Waals surface area contributed by atoms with Crippen LogP contribution in [0.15, 0.2) is 23.3 Å². The Balaban J connectivity index is 1.50. The molecule has 3 saturated carbocycles. The predicted molar refractivity (Wildman–Crippen MR) is 132 cm³/mol. The van der Waals surface area contributed by atoms with E-state index in [1.54, 1.807) is 6.92 Å². The van der Waals surface area contributed by atoms with E-state index >= 15 is 0 Å². The minimum Gasteiger partial charge on any atom is -0.426 e. The summed E-state index contributed by atoms with van der Waals surface area (Å²) in [5, 5.41) is 10.9. The van der Waals surface area contributed by atoms with E-state index in [1.807, 2.05) is 6.08 Å². The molecule has 0 unspecified atom stereocenters. The summed E-state index contributed by atoms with van der Waals surface area (Å²) >= 11 is 0. The zero-order valence-electron chi connectivity index (χ0n) is 22.5. The lowest BCUT2D eigenvalue weighted by atomic mass is 9.42. The Labute approximate surface area is 209 Å². The molecule has 0 bridgehead atoms. The second-order valence-electron chi connectivity index (χ2n) is 14.1. The summed E-state index contributed by atoms with van der Waals surface area (Å²) in [5.41, 5.74) is 0.658. The zero-order chi connectivity index (χ0) is 25.4. The van der Waals surface area contributed by atoms with Crippen LogP contribution in [0.4, 0.5) is 0 Å². The molecular weight excluding hydrogens is 440 g/mol. The van der Waals surface area contributed by atoms with Crippen LogP contribution in [0, 0.1) is 38.9 Å². The third-order valence-electron chi connectivity index (χ3n) is 12.7. The molecule has 0 radical (unpaired) electrons. The van der Waals surface area contributed by atoms with Crippen molar-refractivity contribution >= 4 is 11.8 Å². The van der Waals surface area contributed by atoms with Gasteiger partial charge in [-0.25, -0.2) is 4.79 Å². The van der Waals surface area contributed by atoms with Crippen LogP contribution in [0.3, 0.4) is 0 Å². The molecule has 192 valence electrons. The third-order valence-corrected chi connectivity index (χ3v) is 12.7. The highest BCUT2D eigenvalue weighted by Crippen LogP contribution is 2.78. The van der Waals surface area contributed by atoms with Gasteiger partial charge >= 0.3 is 5.97 Å². The van der Waals surface area contributed by atoms with E-state index in [4.69, 9.17) is 9.47 Å². The molecular formula is C30H42O5. The van der Waals surface area contributed by atoms with E-state index in [1.165, 1.54) is 5.57 Å². The number of Topliss-reactive ketones (excluding diaryl/α,β-unsaturated/α-hetero) is 1. The number of carbonyl (C=O) groups excluding carboxylic acids is 2. The lowest BCUT2D eigenvalue weighted by Gasteiger charge is -2.62. The Hall–Kier alpha value is -1.46. The largest absolute Gasteiger partial charge is 0.426 e. The highest BCUT2D eigenvalue weighted by Gasteiger charge is 2.75. The van der Waals surface area contributed by atoms with Gasteiger partial charge in [-0.05, 0) is 73.2 Å². The molecule has 6 aliphatic rings. The number of aliphatic hydroxyl groups excluding tert-OH is 1. The van der Waals surface area contributed by atoms with E-state index in [9.17, 15) is 14.7 Å². The number of ether oxygens (including phenoxy) is 2. The fourth-order valence-corrected chi connectivity index (χ4v) is 10.3. The maximum absolute atomic E-state index is 14.2. The molecule has 9 atom stereocenters. The van der Waals surface area contributed by atoms with Crippen molar-refractivity contribution in [2.45, 2.75) is 111 Å². The molecule has 1 saturated heterocycles. The van der Waals surface area contributed by atoms with Gasteiger partial charge in [0.15, 0.2) is 0 Å². The summed E-state index contributed by atoms with van der Waals surface area (Å²) in [6.45, 7) is 15.5. The van der Waals surface area contributed by atoms with Crippen LogP contribution in [0.1, 0.15) is 93.4 Å². The second kappa shape index (κ2) is 6.69. The minimum atomic E-state index is -0.998. The van der Waals surface area contributed by atoms with Crippen molar-refractivity contribution in [3.05, 3.63) is 23.3 Å². The van der Waals surface area contributed by atoms with Crippen molar-refractivity contribution in [1.29, 1.82) is 0 Å². The maximum Gasteiger partial charge on any atom is 0.336 e. The van der Waals surface area contributed by atoms with Crippen LogP contribution in [0.25, 0.3) is 0 Å². The molecule has 5 heteroatoms. The fourth-order valence-electron chi connectivity index (χ4n) is 10.3.